The van der Waals surface area contributed by atoms with Gasteiger partial charge < -0.3 is 0 Å². The van der Waals surface area contributed by atoms with Crippen LogP contribution >= 0.6 is 0 Å². The fraction of sp³-hybridized carbons (Fsp3) is 0.727. The van der Waals surface area contributed by atoms with Crippen LogP contribution in [0.15, 0.2) is 11.6 Å². The number of nitrogens with zero attached hydrogens (tertiary/aromatic N) is 1. The number of ketones is 1. The van der Waals surface area contributed by atoms with Crippen molar-refractivity contribution in [3.63, 3.8) is 0 Å². The summed E-state index contributed by atoms with van der Waals surface area (Å²) in [7, 11) is 2.00. The van der Waals surface area contributed by atoms with Crippen LogP contribution in [0.4, 0.5) is 0 Å². The molecule has 0 radical (unpaired) electrons. The summed E-state index contributed by atoms with van der Waals surface area (Å²) in [6.07, 6.45) is 1.82. The molecule has 1 heterocycles. The zero-order valence-corrected chi connectivity index (χ0v) is 9.22. The van der Waals surface area contributed by atoms with Gasteiger partial charge in [-0.3, -0.25) is 9.69 Å². The van der Waals surface area contributed by atoms with E-state index in [2.05, 4.69) is 25.7 Å². The van der Waals surface area contributed by atoms with Gasteiger partial charge in [0.1, 0.15) is 0 Å². The van der Waals surface area contributed by atoms with Gasteiger partial charge in [-0.25, -0.2) is 0 Å². The van der Waals surface area contributed by atoms with E-state index >= 15 is 0 Å². The van der Waals surface area contributed by atoms with Gasteiger partial charge in [-0.1, -0.05) is 20.8 Å². The monoisotopic (exact) mass is 181 g/mol. The standard InChI is InChI=1S/C11H19NO/c1-8-10(13)6-9(7-12(8)5)11(2,3)4/h6,8H,7H2,1-5H3. The topological polar surface area (TPSA) is 20.3 Å². The number of rotatable bonds is 0. The molecule has 0 aromatic rings. The van der Waals surface area contributed by atoms with Crippen molar-refractivity contribution in [2.45, 2.75) is 33.7 Å². The van der Waals surface area contributed by atoms with Crippen LogP contribution < -0.4 is 0 Å². The van der Waals surface area contributed by atoms with Gasteiger partial charge in [-0.2, -0.15) is 0 Å². The molecule has 1 rings (SSSR count). The van der Waals surface area contributed by atoms with Crippen molar-refractivity contribution in [2.24, 2.45) is 5.41 Å². The largest absolute Gasteiger partial charge is 0.293 e. The third kappa shape index (κ3) is 2.19. The minimum absolute atomic E-state index is 0.0473. The molecule has 74 valence electrons. The van der Waals surface area contributed by atoms with Gasteiger partial charge in [0, 0.05) is 6.54 Å². The average Bonchev–Trinajstić information content (AvgIpc) is 1.97. The third-order valence-electron chi connectivity index (χ3n) is 2.77. The van der Waals surface area contributed by atoms with Crippen LogP contribution in [0.2, 0.25) is 0 Å². The smallest absolute Gasteiger partial charge is 0.172 e. The number of carbonyl (C=O) groups is 1. The number of hydrogen-bond acceptors (Lipinski definition) is 2. The summed E-state index contributed by atoms with van der Waals surface area (Å²) in [5.41, 5.74) is 1.35. The van der Waals surface area contributed by atoms with E-state index in [1.54, 1.807) is 0 Å². The maximum Gasteiger partial charge on any atom is 0.172 e. The van der Waals surface area contributed by atoms with Crippen molar-refractivity contribution >= 4 is 5.78 Å². The first-order valence-corrected chi connectivity index (χ1v) is 4.77. The molecule has 0 amide bonds. The lowest BCUT2D eigenvalue weighted by atomic mass is 9.83. The Morgan fingerprint density at radius 2 is 2.00 bits per heavy atom. The van der Waals surface area contributed by atoms with Crippen LogP contribution in [-0.4, -0.2) is 30.3 Å². The highest BCUT2D eigenvalue weighted by atomic mass is 16.1. The molecule has 0 spiro atoms. The van der Waals surface area contributed by atoms with E-state index in [-0.39, 0.29) is 17.2 Å². The molecule has 0 bridgehead atoms. The van der Waals surface area contributed by atoms with E-state index < -0.39 is 0 Å². The Morgan fingerprint density at radius 3 is 2.38 bits per heavy atom. The van der Waals surface area contributed by atoms with Crippen LogP contribution in [0, 0.1) is 5.41 Å². The Bertz CT molecular complexity index is 247. The minimum atomic E-state index is 0.0473. The summed E-state index contributed by atoms with van der Waals surface area (Å²) in [6.45, 7) is 9.32. The number of carbonyl (C=O) groups excluding carboxylic acids is 1. The van der Waals surface area contributed by atoms with E-state index in [0.29, 0.717) is 0 Å². The van der Waals surface area contributed by atoms with E-state index in [4.69, 9.17) is 0 Å². The minimum Gasteiger partial charge on any atom is -0.293 e. The molecule has 2 heteroatoms. The van der Waals surface area contributed by atoms with Gasteiger partial charge in [-0.15, -0.1) is 0 Å². The van der Waals surface area contributed by atoms with Crippen molar-refractivity contribution in [3.8, 4) is 0 Å². The van der Waals surface area contributed by atoms with Crippen LogP contribution in [0.5, 0.6) is 0 Å². The van der Waals surface area contributed by atoms with Gasteiger partial charge in [0.05, 0.1) is 6.04 Å². The fourth-order valence-corrected chi connectivity index (χ4v) is 1.41. The predicted octanol–water partition coefficient (Wildman–Crippen LogP) is 1.86. The first kappa shape index (κ1) is 10.5. The van der Waals surface area contributed by atoms with Crippen LogP contribution in [-0.2, 0) is 4.79 Å². The number of hydrogen-bond donors (Lipinski definition) is 0. The van der Waals surface area contributed by atoms with Crippen molar-refractivity contribution < 1.29 is 4.79 Å². The van der Waals surface area contributed by atoms with Gasteiger partial charge in [-0.05, 0) is 31.0 Å². The fourth-order valence-electron chi connectivity index (χ4n) is 1.41. The predicted molar refractivity (Wildman–Crippen MR) is 54.6 cm³/mol. The van der Waals surface area contributed by atoms with Crippen LogP contribution in [0.1, 0.15) is 27.7 Å². The zero-order chi connectivity index (χ0) is 10.2. The van der Waals surface area contributed by atoms with Gasteiger partial charge in [0.2, 0.25) is 0 Å². The Kier molecular flexibility index (Phi) is 2.62. The van der Waals surface area contributed by atoms with E-state index in [1.807, 2.05) is 20.0 Å². The highest BCUT2D eigenvalue weighted by Crippen LogP contribution is 2.28. The summed E-state index contributed by atoms with van der Waals surface area (Å²) >= 11 is 0. The first-order valence-electron chi connectivity index (χ1n) is 4.77. The summed E-state index contributed by atoms with van der Waals surface area (Å²) in [5, 5.41) is 0. The molecule has 1 atom stereocenters. The normalized spacial score (nSPS) is 26.1. The molecular formula is C11H19NO. The Labute approximate surface area is 80.6 Å². The first-order chi connectivity index (χ1) is 5.82. The molecule has 1 unspecified atom stereocenters. The lowest BCUT2D eigenvalue weighted by molar-refractivity contribution is -0.119. The second kappa shape index (κ2) is 3.26. The summed E-state index contributed by atoms with van der Waals surface area (Å²) in [6, 6.07) is 0.0473. The second-order valence-electron chi connectivity index (χ2n) is 4.91. The summed E-state index contributed by atoms with van der Waals surface area (Å²) < 4.78 is 0. The van der Waals surface area contributed by atoms with Gasteiger partial charge in [0.15, 0.2) is 5.78 Å². The molecule has 13 heavy (non-hydrogen) atoms. The Hall–Kier alpha value is -0.630. The Morgan fingerprint density at radius 1 is 1.46 bits per heavy atom. The molecule has 0 aliphatic carbocycles. The SMILES string of the molecule is CC1C(=O)C=C(C(C)(C)C)CN1C. The second-order valence-corrected chi connectivity index (χ2v) is 4.91. The molecule has 1 aliphatic rings. The van der Waals surface area contributed by atoms with E-state index in [1.165, 1.54) is 5.57 Å². The highest BCUT2D eigenvalue weighted by molar-refractivity contribution is 5.95. The average molecular weight is 181 g/mol. The summed E-state index contributed by atoms with van der Waals surface area (Å²) in [5.74, 6) is 0.235. The number of likely N-dealkylation sites (N-methyl/N-ethyl adjacent to an activating group) is 1. The molecule has 0 N–H and O–H groups in total. The Balaban J connectivity index is 2.92. The van der Waals surface area contributed by atoms with Gasteiger partial charge in [0.25, 0.3) is 0 Å². The van der Waals surface area contributed by atoms with Gasteiger partial charge >= 0.3 is 0 Å². The van der Waals surface area contributed by atoms with E-state index in [0.717, 1.165) is 6.54 Å². The van der Waals surface area contributed by atoms with Crippen molar-refractivity contribution in [1.82, 2.24) is 4.90 Å². The quantitative estimate of drug-likeness (QED) is 0.568. The van der Waals surface area contributed by atoms with Crippen LogP contribution in [0.3, 0.4) is 0 Å². The van der Waals surface area contributed by atoms with Crippen molar-refractivity contribution in [1.29, 1.82) is 0 Å². The lowest BCUT2D eigenvalue weighted by Crippen LogP contribution is -2.42. The molecule has 0 saturated carbocycles. The summed E-state index contributed by atoms with van der Waals surface area (Å²) in [4.78, 5) is 13.6. The van der Waals surface area contributed by atoms with Crippen LogP contribution in [0.25, 0.3) is 0 Å². The van der Waals surface area contributed by atoms with E-state index in [9.17, 15) is 4.79 Å². The lowest BCUT2D eigenvalue weighted by Gasteiger charge is -2.34. The maximum atomic E-state index is 11.5. The van der Waals surface area contributed by atoms with Crippen molar-refractivity contribution in [2.75, 3.05) is 13.6 Å². The van der Waals surface area contributed by atoms with Crippen molar-refractivity contribution in [3.05, 3.63) is 11.6 Å². The molecule has 2 nitrogen and oxygen atoms in total. The molecule has 1 aliphatic heterocycles. The molecule has 0 aromatic carbocycles. The molecular weight excluding hydrogens is 162 g/mol. The zero-order valence-electron chi connectivity index (χ0n) is 9.22. The molecule has 0 aromatic heterocycles. The maximum absolute atomic E-state index is 11.5. The third-order valence-corrected chi connectivity index (χ3v) is 2.77. The molecule has 0 saturated heterocycles. The molecule has 0 fully saturated rings. The highest BCUT2D eigenvalue weighted by Gasteiger charge is 2.28.